The van der Waals surface area contributed by atoms with Crippen LogP contribution in [0.15, 0.2) is 23.8 Å². The number of hydrogen-bond acceptors (Lipinski definition) is 5. The molecule has 0 radical (unpaired) electrons. The summed E-state index contributed by atoms with van der Waals surface area (Å²) in [5.74, 6) is -0.638. The highest BCUT2D eigenvalue weighted by Crippen LogP contribution is 2.68. The number of carbonyl (C=O) groups is 1. The van der Waals surface area contributed by atoms with Gasteiger partial charge in [-0.25, -0.2) is 4.39 Å². The van der Waals surface area contributed by atoms with E-state index in [1.165, 1.54) is 19.3 Å². The topological polar surface area (TPSA) is 66.8 Å². The number of methoxy groups -OCH3 is 1. The highest BCUT2D eigenvalue weighted by molar-refractivity contribution is 7.80. The van der Waals surface area contributed by atoms with Crippen molar-refractivity contribution >= 4 is 23.1 Å². The average Bonchev–Trinajstić information content (AvgIpc) is 2.83. The number of thiocarbonyl (C=S) groups is 1. The van der Waals surface area contributed by atoms with E-state index in [1.54, 1.807) is 6.08 Å². The normalized spacial score (nSPS) is 52.4. The van der Waals surface area contributed by atoms with Gasteiger partial charge in [-0.05, 0) is 67.0 Å². The van der Waals surface area contributed by atoms with Crippen molar-refractivity contribution in [2.75, 3.05) is 7.11 Å². The van der Waals surface area contributed by atoms with Crippen molar-refractivity contribution < 1.29 is 24.1 Å². The highest BCUT2D eigenvalue weighted by atomic mass is 32.1. The Morgan fingerprint density at radius 2 is 2.04 bits per heavy atom. The van der Waals surface area contributed by atoms with E-state index in [4.69, 9.17) is 17.0 Å². The maximum Gasteiger partial charge on any atom is 0.192 e. The minimum Gasteiger partial charge on any atom is -0.488 e. The third kappa shape index (κ3) is 2.28. The Morgan fingerprint density at radius 3 is 2.68 bits per heavy atom. The van der Waals surface area contributed by atoms with Gasteiger partial charge in [-0.1, -0.05) is 26.8 Å². The van der Waals surface area contributed by atoms with Crippen molar-refractivity contribution in [3.8, 4) is 0 Å². The largest absolute Gasteiger partial charge is 0.488 e. The number of rotatable bonds is 1. The minimum atomic E-state index is -1.34. The number of allylic oxidation sites excluding steroid dienone is 4. The summed E-state index contributed by atoms with van der Waals surface area (Å²) in [5.41, 5.74) is -2.24. The fraction of sp³-hybridized carbons (Fsp3) is 0.727. The van der Waals surface area contributed by atoms with Crippen molar-refractivity contribution in [3.05, 3.63) is 23.8 Å². The number of aliphatic hydroxyl groups is 2. The predicted octanol–water partition coefficient (Wildman–Crippen LogP) is 3.16. The first kappa shape index (κ1) is 20.2. The molecule has 3 fully saturated rings. The number of fused-ring (bicyclic) bond motifs is 5. The zero-order valence-corrected chi connectivity index (χ0v) is 17.6. The van der Waals surface area contributed by atoms with Crippen LogP contribution < -0.4 is 0 Å². The van der Waals surface area contributed by atoms with Gasteiger partial charge >= 0.3 is 0 Å². The van der Waals surface area contributed by atoms with Crippen LogP contribution >= 0.6 is 12.2 Å². The Morgan fingerprint density at radius 1 is 1.36 bits per heavy atom. The molecule has 154 valence electrons. The maximum atomic E-state index is 15.3. The molecule has 3 saturated carbocycles. The molecule has 28 heavy (non-hydrogen) atoms. The summed E-state index contributed by atoms with van der Waals surface area (Å²) in [6.07, 6.45) is 4.05. The second kappa shape index (κ2) is 6.19. The number of aliphatic hydroxyl groups excluding tert-OH is 1. The minimum absolute atomic E-state index is 0.0108. The van der Waals surface area contributed by atoms with Crippen LogP contribution in [0.3, 0.4) is 0 Å². The summed E-state index contributed by atoms with van der Waals surface area (Å²) >= 11 is 5.40. The summed E-state index contributed by atoms with van der Waals surface area (Å²) in [7, 11) is 1.46. The molecule has 0 aromatic heterocycles. The fourth-order valence-electron chi connectivity index (χ4n) is 7.26. The Hall–Kier alpha value is -1.11. The lowest BCUT2D eigenvalue weighted by atomic mass is 9.46. The van der Waals surface area contributed by atoms with Crippen LogP contribution in [0.4, 0.5) is 4.39 Å². The van der Waals surface area contributed by atoms with E-state index in [1.807, 2.05) is 20.8 Å². The van der Waals surface area contributed by atoms with Gasteiger partial charge in [-0.3, -0.25) is 4.79 Å². The molecule has 0 aliphatic heterocycles. The van der Waals surface area contributed by atoms with Crippen molar-refractivity contribution in [1.29, 1.82) is 0 Å². The molecule has 0 bridgehead atoms. The van der Waals surface area contributed by atoms with Gasteiger partial charge < -0.3 is 14.9 Å². The molecule has 4 aliphatic carbocycles. The summed E-state index contributed by atoms with van der Waals surface area (Å²) in [6.45, 7) is 5.85. The zero-order valence-electron chi connectivity index (χ0n) is 16.8. The maximum absolute atomic E-state index is 15.3. The van der Waals surface area contributed by atoms with E-state index >= 15 is 4.39 Å². The molecule has 0 aromatic carbocycles. The van der Waals surface area contributed by atoms with Gasteiger partial charge in [0.2, 0.25) is 0 Å². The molecule has 0 saturated heterocycles. The number of carbonyl (C=O) groups excluding carboxylic acids is 1. The standard InChI is InChI=1S/C22H29FO4S/c1-11-7-14-13-9-16(23)15-8-12(24)5-6-20(15,2)18(13)17(25)10-21(14,3)22(11,26)19(28)27-4/h5-6,8,11,13-14,16-18,25-26H,7,9-10H2,1-4H3/t11-,13+,14+,16+,17+,18-,20+,21+,22+/m1/s1. The van der Waals surface area contributed by atoms with Crippen LogP contribution in [0.5, 0.6) is 0 Å². The molecule has 4 nitrogen and oxygen atoms in total. The van der Waals surface area contributed by atoms with Crippen molar-refractivity contribution in [2.24, 2.45) is 34.5 Å². The molecule has 2 N–H and O–H groups in total. The van der Waals surface area contributed by atoms with E-state index in [0.29, 0.717) is 18.4 Å². The van der Waals surface area contributed by atoms with E-state index in [2.05, 4.69) is 0 Å². The Labute approximate surface area is 170 Å². The van der Waals surface area contributed by atoms with Gasteiger partial charge in [0.05, 0.1) is 13.2 Å². The summed E-state index contributed by atoms with van der Waals surface area (Å²) in [4.78, 5) is 11.9. The van der Waals surface area contributed by atoms with Crippen LogP contribution in [0.25, 0.3) is 0 Å². The molecular formula is C22H29FO4S. The van der Waals surface area contributed by atoms with Crippen molar-refractivity contribution in [3.63, 3.8) is 0 Å². The summed E-state index contributed by atoms with van der Waals surface area (Å²) in [6, 6.07) is 0. The molecule has 0 amide bonds. The number of alkyl halides is 1. The summed E-state index contributed by atoms with van der Waals surface area (Å²) < 4.78 is 20.6. The first-order valence-corrected chi connectivity index (χ1v) is 10.5. The van der Waals surface area contributed by atoms with Crippen molar-refractivity contribution in [2.45, 2.75) is 57.9 Å². The van der Waals surface area contributed by atoms with Crippen LogP contribution in [0, 0.1) is 34.5 Å². The van der Waals surface area contributed by atoms with Gasteiger partial charge in [0, 0.05) is 16.7 Å². The predicted molar refractivity (Wildman–Crippen MR) is 107 cm³/mol. The fourth-order valence-corrected chi connectivity index (χ4v) is 7.69. The lowest BCUT2D eigenvalue weighted by Crippen LogP contribution is -2.63. The number of ether oxygens (including phenoxy) is 1. The summed E-state index contributed by atoms with van der Waals surface area (Å²) in [5, 5.41) is 23.1. The van der Waals surface area contributed by atoms with Gasteiger partial charge in [0.25, 0.3) is 0 Å². The molecular weight excluding hydrogens is 379 g/mol. The Bertz CT molecular complexity index is 793. The highest BCUT2D eigenvalue weighted by Gasteiger charge is 2.70. The second-order valence-electron chi connectivity index (χ2n) is 9.70. The first-order valence-electron chi connectivity index (χ1n) is 10.1. The SMILES string of the molecule is COC(=S)[C@@]1(O)[C@H](C)C[C@H]2[C@@H]3C[C@H](F)C4=CC(=O)C=C[C@]4(C)[C@H]3[C@@H](O)C[C@@]21C. The second-order valence-corrected chi connectivity index (χ2v) is 10.1. The van der Waals surface area contributed by atoms with E-state index in [0.717, 1.165) is 0 Å². The van der Waals surface area contributed by atoms with E-state index < -0.39 is 28.7 Å². The van der Waals surface area contributed by atoms with E-state index in [9.17, 15) is 15.0 Å². The molecule has 0 spiro atoms. The van der Waals surface area contributed by atoms with Crippen LogP contribution in [-0.4, -0.2) is 46.0 Å². The van der Waals surface area contributed by atoms with Crippen LogP contribution in [0.1, 0.15) is 40.0 Å². The number of hydrogen-bond donors (Lipinski definition) is 2. The number of halogens is 1. The van der Waals surface area contributed by atoms with Crippen LogP contribution in [-0.2, 0) is 9.53 Å². The molecule has 0 heterocycles. The van der Waals surface area contributed by atoms with Gasteiger partial charge in [0.15, 0.2) is 10.8 Å². The first-order chi connectivity index (χ1) is 13.0. The van der Waals surface area contributed by atoms with Crippen molar-refractivity contribution in [1.82, 2.24) is 0 Å². The van der Waals surface area contributed by atoms with Crippen LogP contribution in [0.2, 0.25) is 0 Å². The average molecular weight is 409 g/mol. The third-order valence-corrected chi connectivity index (χ3v) is 9.03. The molecule has 4 rings (SSSR count). The zero-order chi connectivity index (χ0) is 20.6. The lowest BCUT2D eigenvalue weighted by molar-refractivity contribution is -0.155. The Kier molecular flexibility index (Phi) is 4.46. The lowest BCUT2D eigenvalue weighted by Gasteiger charge is -2.60. The van der Waals surface area contributed by atoms with Gasteiger partial charge in [0.1, 0.15) is 11.8 Å². The molecule has 4 aliphatic rings. The van der Waals surface area contributed by atoms with Gasteiger partial charge in [-0.15, -0.1) is 0 Å². The quantitative estimate of drug-likeness (QED) is 0.653. The Balaban J connectivity index is 1.81. The third-order valence-electron chi connectivity index (χ3n) is 8.55. The monoisotopic (exact) mass is 408 g/mol. The molecule has 0 aromatic rings. The molecule has 6 heteroatoms. The molecule has 0 unspecified atom stereocenters. The smallest absolute Gasteiger partial charge is 0.192 e. The van der Waals surface area contributed by atoms with Gasteiger partial charge in [-0.2, -0.15) is 0 Å². The molecule has 9 atom stereocenters. The van der Waals surface area contributed by atoms with E-state index in [-0.39, 0.29) is 40.9 Å². The number of ketones is 1.